The van der Waals surface area contributed by atoms with Crippen LogP contribution in [-0.4, -0.2) is 43.0 Å². The van der Waals surface area contributed by atoms with Crippen molar-refractivity contribution >= 4 is 5.69 Å². The molecular weight excluding hydrogens is 360 g/mol. The molecule has 5 nitrogen and oxygen atoms in total. The van der Waals surface area contributed by atoms with Crippen molar-refractivity contribution in [2.24, 2.45) is 5.73 Å². The van der Waals surface area contributed by atoms with Crippen molar-refractivity contribution in [3.8, 4) is 11.1 Å². The zero-order valence-electron chi connectivity index (χ0n) is 17.5. The van der Waals surface area contributed by atoms with Gasteiger partial charge >= 0.3 is 0 Å². The van der Waals surface area contributed by atoms with Gasteiger partial charge in [0.25, 0.3) is 0 Å². The number of hydrogen-bond donors (Lipinski definition) is 2. The third-order valence-corrected chi connectivity index (χ3v) is 5.25. The third kappa shape index (κ3) is 5.25. The number of morpholine rings is 1. The van der Waals surface area contributed by atoms with Gasteiger partial charge in [0.15, 0.2) is 0 Å². The van der Waals surface area contributed by atoms with Gasteiger partial charge in [-0.25, -0.2) is 0 Å². The fourth-order valence-electron chi connectivity index (χ4n) is 3.77. The van der Waals surface area contributed by atoms with Gasteiger partial charge in [-0.2, -0.15) is 5.10 Å². The molecule has 1 aliphatic heterocycles. The second-order valence-corrected chi connectivity index (χ2v) is 6.93. The van der Waals surface area contributed by atoms with Crippen molar-refractivity contribution in [2.75, 3.05) is 37.7 Å². The highest BCUT2D eigenvalue weighted by molar-refractivity contribution is 5.62. The van der Waals surface area contributed by atoms with Crippen molar-refractivity contribution in [3.63, 3.8) is 0 Å². The van der Waals surface area contributed by atoms with E-state index in [4.69, 9.17) is 10.5 Å². The van der Waals surface area contributed by atoms with Gasteiger partial charge in [-0.3, -0.25) is 5.10 Å². The number of hydrogen-bond acceptors (Lipinski definition) is 4. The average molecular weight is 393 g/mol. The van der Waals surface area contributed by atoms with Crippen LogP contribution in [0, 0.1) is 0 Å². The Balaban J connectivity index is 0.00000117. The smallest absolute Gasteiger partial charge is 0.0642 e. The Morgan fingerprint density at radius 1 is 1.03 bits per heavy atom. The van der Waals surface area contributed by atoms with Crippen molar-refractivity contribution in [1.29, 1.82) is 0 Å². The lowest BCUT2D eigenvalue weighted by Gasteiger charge is -2.30. The molecule has 0 radical (unpaired) electrons. The van der Waals surface area contributed by atoms with Gasteiger partial charge in [0.1, 0.15) is 0 Å². The Labute approximate surface area is 173 Å². The molecule has 0 saturated carbocycles. The lowest BCUT2D eigenvalue weighted by atomic mass is 9.87. The molecule has 5 heteroatoms. The maximum Gasteiger partial charge on any atom is 0.0642 e. The van der Waals surface area contributed by atoms with E-state index in [9.17, 15) is 0 Å². The number of rotatable bonds is 6. The summed E-state index contributed by atoms with van der Waals surface area (Å²) in [6.45, 7) is 8.16. The number of nitrogens with two attached hydrogens (primary N) is 1. The molecule has 2 heterocycles. The lowest BCUT2D eigenvalue weighted by molar-refractivity contribution is 0.122. The fourth-order valence-corrected chi connectivity index (χ4v) is 3.77. The van der Waals surface area contributed by atoms with Gasteiger partial charge in [0.2, 0.25) is 0 Å². The summed E-state index contributed by atoms with van der Waals surface area (Å²) < 4.78 is 5.48. The fraction of sp³-hybridized carbons (Fsp3) is 0.375. The topological polar surface area (TPSA) is 67.2 Å². The van der Waals surface area contributed by atoms with Gasteiger partial charge in [-0.15, -0.1) is 0 Å². The summed E-state index contributed by atoms with van der Waals surface area (Å²) in [4.78, 5) is 2.40. The molecule has 3 N–H and O–H groups in total. The average Bonchev–Trinajstić information content (AvgIpc) is 3.35. The number of aromatic nitrogens is 2. The minimum Gasteiger partial charge on any atom is -0.378 e. The van der Waals surface area contributed by atoms with Gasteiger partial charge in [-0.05, 0) is 41.8 Å². The second kappa shape index (κ2) is 10.8. The first kappa shape index (κ1) is 21.1. The van der Waals surface area contributed by atoms with Crippen LogP contribution in [0.2, 0.25) is 0 Å². The highest BCUT2D eigenvalue weighted by atomic mass is 16.5. The standard InChI is InChI=1S/C22H26N4O.C2H6/c23-9-8-22(18-6-4-17(5-7-18)20-15-24-25-16-20)19-2-1-3-21(14-19)26-10-12-27-13-11-26;1-2/h1-7,14-16,22H,8-13,23H2,(H,24,25);1-2H3. The summed E-state index contributed by atoms with van der Waals surface area (Å²) in [5.41, 5.74) is 12.1. The minimum absolute atomic E-state index is 0.300. The summed E-state index contributed by atoms with van der Waals surface area (Å²) in [5.74, 6) is 0.300. The first-order valence-corrected chi connectivity index (χ1v) is 10.6. The molecule has 154 valence electrons. The molecular formula is C24H32N4O. The normalized spacial score (nSPS) is 14.8. The zero-order valence-corrected chi connectivity index (χ0v) is 17.5. The minimum atomic E-state index is 0.300. The van der Waals surface area contributed by atoms with E-state index in [2.05, 4.69) is 63.6 Å². The van der Waals surface area contributed by atoms with Gasteiger partial charge in [0, 0.05) is 36.5 Å². The molecule has 1 aliphatic rings. The Kier molecular flexibility index (Phi) is 7.85. The molecule has 1 fully saturated rings. The Hall–Kier alpha value is -2.63. The Bertz CT molecular complexity index is 840. The number of H-pyrrole nitrogens is 1. The van der Waals surface area contributed by atoms with Crippen LogP contribution in [0.4, 0.5) is 5.69 Å². The van der Waals surface area contributed by atoms with E-state index in [1.54, 1.807) is 0 Å². The van der Waals surface area contributed by atoms with E-state index in [-0.39, 0.29) is 0 Å². The van der Waals surface area contributed by atoms with E-state index in [0.717, 1.165) is 38.3 Å². The molecule has 3 aromatic rings. The summed E-state index contributed by atoms with van der Waals surface area (Å²) >= 11 is 0. The molecule has 1 atom stereocenters. The van der Waals surface area contributed by atoms with Crippen molar-refractivity contribution in [3.05, 3.63) is 72.1 Å². The van der Waals surface area contributed by atoms with Crippen LogP contribution in [0.1, 0.15) is 37.3 Å². The highest BCUT2D eigenvalue weighted by Crippen LogP contribution is 2.31. The lowest BCUT2D eigenvalue weighted by Crippen LogP contribution is -2.36. The van der Waals surface area contributed by atoms with Crippen LogP contribution in [-0.2, 0) is 4.74 Å². The second-order valence-electron chi connectivity index (χ2n) is 6.93. The predicted octanol–water partition coefficient (Wildman–Crippen LogP) is 4.42. The molecule has 1 saturated heterocycles. The van der Waals surface area contributed by atoms with Gasteiger partial charge < -0.3 is 15.4 Å². The van der Waals surface area contributed by atoms with Crippen molar-refractivity contribution in [1.82, 2.24) is 10.2 Å². The summed E-state index contributed by atoms with van der Waals surface area (Å²) in [6, 6.07) is 17.6. The molecule has 0 aliphatic carbocycles. The number of anilines is 1. The van der Waals surface area contributed by atoms with Crippen LogP contribution < -0.4 is 10.6 Å². The highest BCUT2D eigenvalue weighted by Gasteiger charge is 2.17. The number of ether oxygens (including phenoxy) is 1. The first-order valence-electron chi connectivity index (χ1n) is 10.6. The van der Waals surface area contributed by atoms with E-state index >= 15 is 0 Å². The van der Waals surface area contributed by atoms with Gasteiger partial charge in [-0.1, -0.05) is 50.2 Å². The van der Waals surface area contributed by atoms with Crippen LogP contribution in [0.3, 0.4) is 0 Å². The van der Waals surface area contributed by atoms with Crippen LogP contribution >= 0.6 is 0 Å². The SMILES string of the molecule is CC.NCCC(c1ccc(-c2cn[nH]c2)cc1)c1cccc(N2CCOCC2)c1. The monoisotopic (exact) mass is 392 g/mol. The van der Waals surface area contributed by atoms with Crippen molar-refractivity contribution < 1.29 is 4.74 Å². The molecule has 0 amide bonds. The first-order chi connectivity index (χ1) is 14.3. The largest absolute Gasteiger partial charge is 0.378 e. The quantitative estimate of drug-likeness (QED) is 0.652. The third-order valence-electron chi connectivity index (χ3n) is 5.25. The van der Waals surface area contributed by atoms with E-state index in [1.807, 2.05) is 26.2 Å². The van der Waals surface area contributed by atoms with Gasteiger partial charge in [0.05, 0.1) is 19.4 Å². The maximum absolute atomic E-state index is 5.95. The Morgan fingerprint density at radius 2 is 1.79 bits per heavy atom. The molecule has 0 spiro atoms. The molecule has 29 heavy (non-hydrogen) atoms. The zero-order chi connectivity index (χ0) is 20.5. The molecule has 4 rings (SSSR count). The van der Waals surface area contributed by atoms with Crippen molar-refractivity contribution in [2.45, 2.75) is 26.2 Å². The number of nitrogens with zero attached hydrogens (tertiary/aromatic N) is 2. The van der Waals surface area contributed by atoms with Crippen LogP contribution in [0.25, 0.3) is 11.1 Å². The maximum atomic E-state index is 5.95. The number of aromatic amines is 1. The number of nitrogens with one attached hydrogen (secondary N) is 1. The van der Waals surface area contributed by atoms with Crippen LogP contribution in [0.15, 0.2) is 60.9 Å². The van der Waals surface area contributed by atoms with E-state index < -0.39 is 0 Å². The molecule has 1 unspecified atom stereocenters. The van der Waals surface area contributed by atoms with E-state index in [0.29, 0.717) is 12.5 Å². The summed E-state index contributed by atoms with van der Waals surface area (Å²) in [5, 5.41) is 6.90. The van der Waals surface area contributed by atoms with Crippen LogP contribution in [0.5, 0.6) is 0 Å². The van der Waals surface area contributed by atoms with E-state index in [1.165, 1.54) is 22.4 Å². The molecule has 1 aromatic heterocycles. The molecule has 2 aromatic carbocycles. The summed E-state index contributed by atoms with van der Waals surface area (Å²) in [7, 11) is 0. The molecule has 0 bridgehead atoms. The number of benzene rings is 2. The summed E-state index contributed by atoms with van der Waals surface area (Å²) in [6.07, 6.45) is 4.69. The Morgan fingerprint density at radius 3 is 2.45 bits per heavy atom. The predicted molar refractivity (Wildman–Crippen MR) is 120 cm³/mol.